The summed E-state index contributed by atoms with van der Waals surface area (Å²) in [5.74, 6) is 0. The van der Waals surface area contributed by atoms with E-state index in [0.717, 1.165) is 5.69 Å². The van der Waals surface area contributed by atoms with Gasteiger partial charge in [0.15, 0.2) is 0 Å². The van der Waals surface area contributed by atoms with Gasteiger partial charge in [-0.2, -0.15) is 0 Å². The molecule has 0 amide bonds. The third kappa shape index (κ3) is 2.49. The van der Waals surface area contributed by atoms with Crippen LogP contribution in [0.2, 0.25) is 0 Å². The van der Waals surface area contributed by atoms with Crippen molar-refractivity contribution in [3.8, 4) is 0 Å². The Bertz CT molecular complexity index is 412. The molecule has 4 nitrogen and oxygen atoms in total. The van der Waals surface area contributed by atoms with Gasteiger partial charge in [0.25, 0.3) is 0 Å². The molecule has 84 valence electrons. The largest absolute Gasteiger partial charge is 0.388 e. The second-order valence-corrected chi connectivity index (χ2v) is 5.24. The van der Waals surface area contributed by atoms with Crippen LogP contribution in [0.25, 0.3) is 0 Å². The summed E-state index contributed by atoms with van der Waals surface area (Å²) in [5.41, 5.74) is 0.896. The Morgan fingerprint density at radius 3 is 2.20 bits per heavy atom. The molecule has 1 N–H and O–H groups in total. The first-order chi connectivity index (χ1) is 7.02. The maximum atomic E-state index is 11.9. The SMILES string of the molecule is CCN(C)S(=O)(=O)c1ccc(NC)cc1. The Morgan fingerprint density at radius 2 is 1.80 bits per heavy atom. The van der Waals surface area contributed by atoms with E-state index in [1.807, 2.05) is 0 Å². The predicted molar refractivity (Wildman–Crippen MR) is 61.5 cm³/mol. The summed E-state index contributed by atoms with van der Waals surface area (Å²) >= 11 is 0. The molecule has 0 fully saturated rings. The molecule has 0 aliphatic heterocycles. The number of hydrogen-bond donors (Lipinski definition) is 1. The lowest BCUT2D eigenvalue weighted by atomic mass is 10.3. The third-order valence-electron chi connectivity index (χ3n) is 2.30. The number of nitrogens with zero attached hydrogens (tertiary/aromatic N) is 1. The van der Waals surface area contributed by atoms with Crippen LogP contribution < -0.4 is 5.32 Å². The van der Waals surface area contributed by atoms with Crippen molar-refractivity contribution < 1.29 is 8.42 Å². The first-order valence-electron chi connectivity index (χ1n) is 4.76. The maximum Gasteiger partial charge on any atom is 0.242 e. The fourth-order valence-electron chi connectivity index (χ4n) is 1.14. The molecule has 1 aromatic carbocycles. The van der Waals surface area contributed by atoms with Crippen LogP contribution >= 0.6 is 0 Å². The molecule has 0 aliphatic rings. The standard InChI is InChI=1S/C10H16N2O2S/c1-4-12(3)15(13,14)10-7-5-9(11-2)6-8-10/h5-8,11H,4H2,1-3H3. The third-order valence-corrected chi connectivity index (χ3v) is 4.24. The quantitative estimate of drug-likeness (QED) is 0.846. The summed E-state index contributed by atoms with van der Waals surface area (Å²) < 4.78 is 25.1. The van der Waals surface area contributed by atoms with Crippen LogP contribution in [0.1, 0.15) is 6.92 Å². The van der Waals surface area contributed by atoms with E-state index in [9.17, 15) is 8.42 Å². The van der Waals surface area contributed by atoms with Gasteiger partial charge in [-0.3, -0.25) is 0 Å². The van der Waals surface area contributed by atoms with Gasteiger partial charge in [-0.1, -0.05) is 6.92 Å². The van der Waals surface area contributed by atoms with Gasteiger partial charge in [0.2, 0.25) is 10.0 Å². The summed E-state index contributed by atoms with van der Waals surface area (Å²) in [4.78, 5) is 0.325. The van der Waals surface area contributed by atoms with E-state index in [4.69, 9.17) is 0 Å². The fourth-order valence-corrected chi connectivity index (χ4v) is 2.32. The highest BCUT2D eigenvalue weighted by Gasteiger charge is 2.18. The van der Waals surface area contributed by atoms with Gasteiger partial charge in [0, 0.05) is 26.3 Å². The van der Waals surface area contributed by atoms with Gasteiger partial charge in [-0.05, 0) is 24.3 Å². The summed E-state index contributed by atoms with van der Waals surface area (Å²) in [6, 6.07) is 6.70. The topological polar surface area (TPSA) is 49.4 Å². The highest BCUT2D eigenvalue weighted by Crippen LogP contribution is 2.16. The monoisotopic (exact) mass is 228 g/mol. The lowest BCUT2D eigenvalue weighted by molar-refractivity contribution is 0.486. The van der Waals surface area contributed by atoms with Crippen molar-refractivity contribution in [3.63, 3.8) is 0 Å². The minimum absolute atomic E-state index is 0.325. The Labute approximate surface area is 91.0 Å². The maximum absolute atomic E-state index is 11.9. The van der Waals surface area contributed by atoms with Crippen LogP contribution in [0.3, 0.4) is 0 Å². The molecule has 15 heavy (non-hydrogen) atoms. The van der Waals surface area contributed by atoms with Gasteiger partial charge in [-0.15, -0.1) is 0 Å². The van der Waals surface area contributed by atoms with Crippen LogP contribution in [0.15, 0.2) is 29.2 Å². The van der Waals surface area contributed by atoms with Gasteiger partial charge in [0.05, 0.1) is 4.90 Å². The predicted octanol–water partition coefficient (Wildman–Crippen LogP) is 1.37. The van der Waals surface area contributed by atoms with Crippen molar-refractivity contribution in [2.75, 3.05) is 26.0 Å². The van der Waals surface area contributed by atoms with Crippen molar-refractivity contribution >= 4 is 15.7 Å². The Kier molecular flexibility index (Phi) is 3.71. The number of anilines is 1. The summed E-state index contributed by atoms with van der Waals surface area (Å²) in [7, 11) is 0.0556. The zero-order valence-electron chi connectivity index (χ0n) is 9.19. The highest BCUT2D eigenvalue weighted by atomic mass is 32.2. The van der Waals surface area contributed by atoms with Crippen LogP contribution in [0, 0.1) is 0 Å². The van der Waals surface area contributed by atoms with Crippen molar-refractivity contribution in [2.24, 2.45) is 0 Å². The number of nitrogens with one attached hydrogen (secondary N) is 1. The van der Waals surface area contributed by atoms with Crippen LogP contribution in [0.4, 0.5) is 5.69 Å². The lowest BCUT2D eigenvalue weighted by Crippen LogP contribution is -2.26. The van der Waals surface area contributed by atoms with Crippen LogP contribution in [0.5, 0.6) is 0 Å². The zero-order valence-corrected chi connectivity index (χ0v) is 10.0. The summed E-state index contributed by atoms with van der Waals surface area (Å²) in [5, 5.41) is 2.94. The van der Waals surface area contributed by atoms with Gasteiger partial charge in [0.1, 0.15) is 0 Å². The Balaban J connectivity index is 3.06. The van der Waals surface area contributed by atoms with E-state index in [2.05, 4.69) is 5.32 Å². The summed E-state index contributed by atoms with van der Waals surface area (Å²) in [6.07, 6.45) is 0. The van der Waals surface area contributed by atoms with Crippen molar-refractivity contribution in [2.45, 2.75) is 11.8 Å². The van der Waals surface area contributed by atoms with E-state index in [1.165, 1.54) is 4.31 Å². The van der Waals surface area contributed by atoms with Gasteiger partial charge in [-0.25, -0.2) is 12.7 Å². The lowest BCUT2D eigenvalue weighted by Gasteiger charge is -2.14. The molecule has 1 rings (SSSR count). The van der Waals surface area contributed by atoms with Crippen molar-refractivity contribution in [1.82, 2.24) is 4.31 Å². The first-order valence-corrected chi connectivity index (χ1v) is 6.20. The molecule has 0 aromatic heterocycles. The molecular weight excluding hydrogens is 212 g/mol. The highest BCUT2D eigenvalue weighted by molar-refractivity contribution is 7.89. The summed E-state index contributed by atoms with van der Waals surface area (Å²) in [6.45, 7) is 2.27. The average Bonchev–Trinajstić information content (AvgIpc) is 2.28. The van der Waals surface area contributed by atoms with E-state index in [-0.39, 0.29) is 0 Å². The molecule has 0 unspecified atom stereocenters. The Hall–Kier alpha value is -1.07. The molecule has 0 saturated carbocycles. The second-order valence-electron chi connectivity index (χ2n) is 3.19. The molecule has 1 aromatic rings. The molecular formula is C10H16N2O2S. The fraction of sp³-hybridized carbons (Fsp3) is 0.400. The molecule has 0 aliphatic carbocycles. The first kappa shape index (κ1) is 12.0. The molecule has 0 heterocycles. The minimum Gasteiger partial charge on any atom is -0.388 e. The second kappa shape index (κ2) is 4.63. The molecule has 0 bridgehead atoms. The van der Waals surface area contributed by atoms with Crippen LogP contribution in [-0.2, 0) is 10.0 Å². The number of sulfonamides is 1. The van der Waals surface area contributed by atoms with E-state index in [0.29, 0.717) is 11.4 Å². The average molecular weight is 228 g/mol. The zero-order chi connectivity index (χ0) is 11.5. The number of hydrogen-bond acceptors (Lipinski definition) is 3. The molecule has 5 heteroatoms. The van der Waals surface area contributed by atoms with E-state index < -0.39 is 10.0 Å². The number of benzene rings is 1. The molecule has 0 saturated heterocycles. The number of rotatable bonds is 4. The van der Waals surface area contributed by atoms with E-state index >= 15 is 0 Å². The van der Waals surface area contributed by atoms with Gasteiger partial charge < -0.3 is 5.32 Å². The van der Waals surface area contributed by atoms with Crippen molar-refractivity contribution in [1.29, 1.82) is 0 Å². The molecule has 0 spiro atoms. The normalized spacial score (nSPS) is 11.7. The van der Waals surface area contributed by atoms with Crippen LogP contribution in [-0.4, -0.2) is 33.4 Å². The van der Waals surface area contributed by atoms with Crippen molar-refractivity contribution in [3.05, 3.63) is 24.3 Å². The molecule has 0 radical (unpaired) electrons. The van der Waals surface area contributed by atoms with E-state index in [1.54, 1.807) is 45.3 Å². The smallest absolute Gasteiger partial charge is 0.242 e. The minimum atomic E-state index is -3.31. The Morgan fingerprint density at radius 1 is 1.27 bits per heavy atom. The van der Waals surface area contributed by atoms with Gasteiger partial charge >= 0.3 is 0 Å². The molecule has 0 atom stereocenters.